The van der Waals surface area contributed by atoms with Crippen LogP contribution in [0, 0.1) is 0 Å². The Morgan fingerprint density at radius 2 is 1.70 bits per heavy atom. The summed E-state index contributed by atoms with van der Waals surface area (Å²) >= 11 is 0. The predicted octanol–water partition coefficient (Wildman–Crippen LogP) is 3.69. The van der Waals surface area contributed by atoms with Gasteiger partial charge in [0.2, 0.25) is 5.91 Å². The van der Waals surface area contributed by atoms with Crippen molar-refractivity contribution in [3.8, 4) is 0 Å². The highest BCUT2D eigenvalue weighted by Crippen LogP contribution is 2.33. The van der Waals surface area contributed by atoms with Gasteiger partial charge in [-0.05, 0) is 30.5 Å². The number of nitrogens with zero attached hydrogens (tertiary/aromatic N) is 4. The summed E-state index contributed by atoms with van der Waals surface area (Å²) < 4.78 is 11.4. The Bertz CT molecular complexity index is 989. The van der Waals surface area contributed by atoms with Crippen molar-refractivity contribution in [1.29, 1.82) is 0 Å². The smallest absolute Gasteiger partial charge is 0.305 e. The number of carbonyl (C=O) groups excluding carboxylic acids is 2. The van der Waals surface area contributed by atoms with Gasteiger partial charge in [0.05, 0.1) is 6.04 Å². The van der Waals surface area contributed by atoms with E-state index < -0.39 is 0 Å². The molecule has 1 atom stereocenters. The molecule has 0 saturated carbocycles. The Kier molecular flexibility index (Phi) is 9.66. The molecule has 4 rings (SSSR count). The third-order valence-corrected chi connectivity index (χ3v) is 7.71. The van der Waals surface area contributed by atoms with Gasteiger partial charge in [0.15, 0.2) is 0 Å². The number of ether oxygens (including phenoxy) is 2. The molecule has 2 saturated heterocycles. The standard InChI is InChI=1S/C29H40N4O4/c1-3-27(34)33(26-12-8-9-15-30-26)23-29(13-20-36-21-14-29)32-18-16-31(17-19-32)25(22-37-28(35)4-2)24-10-6-5-7-11-24/h5-12,15,25H,3-4,13-14,16-23H2,1-2H3. The summed E-state index contributed by atoms with van der Waals surface area (Å²) in [6, 6.07) is 16.1. The Balaban J connectivity index is 1.51. The van der Waals surface area contributed by atoms with Crippen molar-refractivity contribution in [3.05, 3.63) is 60.3 Å². The summed E-state index contributed by atoms with van der Waals surface area (Å²) in [6.07, 6.45) is 4.32. The number of anilines is 1. The van der Waals surface area contributed by atoms with Crippen molar-refractivity contribution >= 4 is 17.7 Å². The van der Waals surface area contributed by atoms with E-state index in [4.69, 9.17) is 9.47 Å². The fourth-order valence-corrected chi connectivity index (χ4v) is 5.49. The van der Waals surface area contributed by atoms with Crippen LogP contribution in [-0.2, 0) is 19.1 Å². The Morgan fingerprint density at radius 1 is 1.00 bits per heavy atom. The average Bonchev–Trinajstić information content (AvgIpc) is 2.97. The zero-order valence-corrected chi connectivity index (χ0v) is 22.2. The summed E-state index contributed by atoms with van der Waals surface area (Å²) in [5, 5.41) is 0. The molecule has 1 aromatic carbocycles. The highest BCUT2D eigenvalue weighted by atomic mass is 16.5. The maximum atomic E-state index is 13.0. The number of benzene rings is 1. The number of aromatic nitrogens is 1. The normalized spacial score (nSPS) is 19.2. The summed E-state index contributed by atoms with van der Waals surface area (Å²) in [5.41, 5.74) is 0.999. The number of pyridine rings is 1. The van der Waals surface area contributed by atoms with Gasteiger partial charge in [0, 0.05) is 70.5 Å². The second-order valence-electron chi connectivity index (χ2n) is 9.84. The number of carbonyl (C=O) groups is 2. The number of hydrogen-bond acceptors (Lipinski definition) is 7. The second kappa shape index (κ2) is 13.1. The van der Waals surface area contributed by atoms with Crippen LogP contribution in [-0.4, -0.2) is 84.7 Å². The van der Waals surface area contributed by atoms with Crippen LogP contribution >= 0.6 is 0 Å². The van der Waals surface area contributed by atoms with Gasteiger partial charge < -0.3 is 9.47 Å². The van der Waals surface area contributed by atoms with Gasteiger partial charge in [-0.15, -0.1) is 0 Å². The zero-order valence-electron chi connectivity index (χ0n) is 22.2. The Labute approximate surface area is 220 Å². The quantitative estimate of drug-likeness (QED) is 0.453. The van der Waals surface area contributed by atoms with E-state index in [1.54, 1.807) is 6.20 Å². The number of esters is 1. The molecule has 8 heteroatoms. The summed E-state index contributed by atoms with van der Waals surface area (Å²) in [4.78, 5) is 36.3. The topological polar surface area (TPSA) is 75.2 Å². The van der Waals surface area contributed by atoms with Crippen molar-refractivity contribution in [2.75, 3.05) is 57.4 Å². The van der Waals surface area contributed by atoms with Crippen molar-refractivity contribution < 1.29 is 19.1 Å². The van der Waals surface area contributed by atoms with Gasteiger partial charge in [-0.2, -0.15) is 0 Å². The van der Waals surface area contributed by atoms with E-state index in [-0.39, 0.29) is 23.5 Å². The van der Waals surface area contributed by atoms with Crippen LogP contribution in [0.25, 0.3) is 0 Å². The minimum absolute atomic E-state index is 0.0242. The maximum Gasteiger partial charge on any atom is 0.305 e. The SMILES string of the molecule is CCC(=O)OCC(c1ccccc1)N1CCN(C2(CN(C(=O)CC)c3ccccn3)CCOCC2)CC1. The van der Waals surface area contributed by atoms with Crippen LogP contribution in [0.5, 0.6) is 0 Å². The lowest BCUT2D eigenvalue weighted by atomic mass is 9.86. The maximum absolute atomic E-state index is 13.0. The van der Waals surface area contributed by atoms with Crippen molar-refractivity contribution in [1.82, 2.24) is 14.8 Å². The zero-order chi connectivity index (χ0) is 26.1. The molecule has 0 N–H and O–H groups in total. The van der Waals surface area contributed by atoms with Crippen LogP contribution < -0.4 is 4.90 Å². The van der Waals surface area contributed by atoms with Crippen molar-refractivity contribution in [2.24, 2.45) is 0 Å². The summed E-state index contributed by atoms with van der Waals surface area (Å²) in [5.74, 6) is 0.627. The first-order valence-electron chi connectivity index (χ1n) is 13.5. The van der Waals surface area contributed by atoms with Crippen molar-refractivity contribution in [2.45, 2.75) is 51.1 Å². The van der Waals surface area contributed by atoms with Crippen LogP contribution in [0.2, 0.25) is 0 Å². The molecule has 0 spiro atoms. The van der Waals surface area contributed by atoms with Gasteiger partial charge in [-0.25, -0.2) is 4.98 Å². The lowest BCUT2D eigenvalue weighted by Crippen LogP contribution is -2.64. The molecule has 0 bridgehead atoms. The number of hydrogen-bond donors (Lipinski definition) is 0. The minimum atomic E-state index is -0.170. The molecule has 8 nitrogen and oxygen atoms in total. The molecule has 2 aliphatic heterocycles. The predicted molar refractivity (Wildman–Crippen MR) is 143 cm³/mol. The highest BCUT2D eigenvalue weighted by Gasteiger charge is 2.43. The first-order chi connectivity index (χ1) is 18.1. The molecular weight excluding hydrogens is 468 g/mol. The van der Waals surface area contributed by atoms with Crippen LogP contribution in [0.1, 0.15) is 51.1 Å². The second-order valence-corrected chi connectivity index (χ2v) is 9.84. The van der Waals surface area contributed by atoms with Crippen LogP contribution in [0.4, 0.5) is 5.82 Å². The molecule has 0 aliphatic carbocycles. The monoisotopic (exact) mass is 508 g/mol. The van der Waals surface area contributed by atoms with E-state index in [0.717, 1.165) is 44.6 Å². The Hall–Kier alpha value is -2.81. The molecule has 0 radical (unpaired) electrons. The molecule has 200 valence electrons. The van der Waals surface area contributed by atoms with Gasteiger partial charge in [0.25, 0.3) is 0 Å². The molecule has 37 heavy (non-hydrogen) atoms. The van der Waals surface area contributed by atoms with Crippen LogP contribution in [0.15, 0.2) is 54.7 Å². The van der Waals surface area contributed by atoms with E-state index in [2.05, 4.69) is 26.9 Å². The molecule has 1 unspecified atom stereocenters. The molecule has 1 aromatic heterocycles. The molecule has 1 amide bonds. The van der Waals surface area contributed by atoms with E-state index in [1.165, 1.54) is 0 Å². The average molecular weight is 509 g/mol. The Morgan fingerprint density at radius 3 is 2.32 bits per heavy atom. The van der Waals surface area contributed by atoms with E-state index in [9.17, 15) is 9.59 Å². The minimum Gasteiger partial charge on any atom is -0.464 e. The van der Waals surface area contributed by atoms with E-state index in [1.807, 2.05) is 55.1 Å². The number of amides is 1. The third kappa shape index (κ3) is 6.74. The summed E-state index contributed by atoms with van der Waals surface area (Å²) in [6.45, 7) is 9.54. The largest absolute Gasteiger partial charge is 0.464 e. The van der Waals surface area contributed by atoms with E-state index >= 15 is 0 Å². The first kappa shape index (κ1) is 27.2. The van der Waals surface area contributed by atoms with Crippen LogP contribution in [0.3, 0.4) is 0 Å². The van der Waals surface area contributed by atoms with Gasteiger partial charge in [-0.3, -0.25) is 24.3 Å². The van der Waals surface area contributed by atoms with Gasteiger partial charge >= 0.3 is 5.97 Å². The molecule has 2 fully saturated rings. The molecule has 2 aromatic rings. The van der Waals surface area contributed by atoms with E-state index in [0.29, 0.717) is 45.0 Å². The molecular formula is C29H40N4O4. The fourth-order valence-electron chi connectivity index (χ4n) is 5.49. The number of rotatable bonds is 10. The van der Waals surface area contributed by atoms with Gasteiger partial charge in [-0.1, -0.05) is 50.2 Å². The highest BCUT2D eigenvalue weighted by molar-refractivity contribution is 5.92. The summed E-state index contributed by atoms with van der Waals surface area (Å²) in [7, 11) is 0. The molecule has 2 aliphatic rings. The van der Waals surface area contributed by atoms with Gasteiger partial charge in [0.1, 0.15) is 12.4 Å². The lowest BCUT2D eigenvalue weighted by molar-refractivity contribution is -0.145. The third-order valence-electron chi connectivity index (χ3n) is 7.71. The van der Waals surface area contributed by atoms with Crippen molar-refractivity contribution in [3.63, 3.8) is 0 Å². The number of piperazine rings is 1. The fraction of sp³-hybridized carbons (Fsp3) is 0.552. The molecule has 3 heterocycles. The first-order valence-corrected chi connectivity index (χ1v) is 13.5. The lowest BCUT2D eigenvalue weighted by Gasteiger charge is -2.52.